The van der Waals surface area contributed by atoms with Gasteiger partial charge in [-0.3, -0.25) is 9.59 Å². The maximum absolute atomic E-state index is 12.0. The summed E-state index contributed by atoms with van der Waals surface area (Å²) in [6.07, 6.45) is 5.39. The zero-order chi connectivity index (χ0) is 13.9. The molecule has 0 aromatic rings. The molecular formula is C13H21N3O2. The molecule has 0 aliphatic carbocycles. The number of carbonyl (C=O) groups is 2. The lowest BCUT2D eigenvalue weighted by Crippen LogP contribution is -2.49. The molecule has 5 nitrogen and oxygen atoms in total. The number of likely N-dealkylation sites (N-methyl/N-ethyl adjacent to an activating group) is 1. The molecule has 18 heavy (non-hydrogen) atoms. The van der Waals surface area contributed by atoms with E-state index in [1.165, 1.54) is 4.90 Å². The van der Waals surface area contributed by atoms with Crippen LogP contribution in [0.15, 0.2) is 23.9 Å². The van der Waals surface area contributed by atoms with Crippen LogP contribution in [0.3, 0.4) is 0 Å². The van der Waals surface area contributed by atoms with Crippen molar-refractivity contribution in [1.82, 2.24) is 10.2 Å². The number of allylic oxidation sites excluding steroid dienone is 2. The number of amides is 2. The Labute approximate surface area is 108 Å². The molecule has 0 saturated carbocycles. The molecule has 0 radical (unpaired) electrons. The van der Waals surface area contributed by atoms with E-state index < -0.39 is 12.1 Å². The van der Waals surface area contributed by atoms with Gasteiger partial charge in [-0.15, -0.1) is 0 Å². The molecule has 0 spiro atoms. The summed E-state index contributed by atoms with van der Waals surface area (Å²) in [7, 11) is 1.67. The van der Waals surface area contributed by atoms with E-state index in [1.807, 2.05) is 19.9 Å². The fraction of sp³-hybridized carbons (Fsp3) is 0.538. The highest BCUT2D eigenvalue weighted by Gasteiger charge is 2.24. The molecule has 5 heteroatoms. The smallest absolute Gasteiger partial charge is 0.252 e. The molecule has 1 heterocycles. The minimum absolute atomic E-state index is 0.170. The summed E-state index contributed by atoms with van der Waals surface area (Å²) in [5, 5.41) is 2.65. The molecule has 2 amide bonds. The van der Waals surface area contributed by atoms with E-state index in [2.05, 4.69) is 5.32 Å². The van der Waals surface area contributed by atoms with Crippen LogP contribution in [0.5, 0.6) is 0 Å². The summed E-state index contributed by atoms with van der Waals surface area (Å²) in [6.45, 7) is 5.67. The van der Waals surface area contributed by atoms with Crippen LogP contribution in [0.2, 0.25) is 0 Å². The Balaban J connectivity index is 2.95. The number of hydrogen-bond donors (Lipinski definition) is 2. The lowest BCUT2D eigenvalue weighted by molar-refractivity contribution is -0.132. The topological polar surface area (TPSA) is 75.4 Å². The van der Waals surface area contributed by atoms with Gasteiger partial charge in [0.1, 0.15) is 6.04 Å². The number of nitrogens with one attached hydrogen (secondary N) is 1. The van der Waals surface area contributed by atoms with Crippen molar-refractivity contribution in [1.29, 1.82) is 0 Å². The molecule has 0 saturated heterocycles. The molecule has 0 fully saturated rings. The van der Waals surface area contributed by atoms with Crippen molar-refractivity contribution in [3.05, 3.63) is 23.9 Å². The van der Waals surface area contributed by atoms with Crippen molar-refractivity contribution in [2.24, 2.45) is 11.7 Å². The monoisotopic (exact) mass is 251 g/mol. The second kappa shape index (κ2) is 5.82. The van der Waals surface area contributed by atoms with Gasteiger partial charge in [-0.2, -0.15) is 0 Å². The summed E-state index contributed by atoms with van der Waals surface area (Å²) in [6, 6.07) is -1.28. The molecule has 2 atom stereocenters. The van der Waals surface area contributed by atoms with Gasteiger partial charge in [0, 0.05) is 13.2 Å². The lowest BCUT2D eigenvalue weighted by atomic mass is 10.0. The van der Waals surface area contributed by atoms with Gasteiger partial charge in [0.2, 0.25) is 5.91 Å². The Hall–Kier alpha value is -1.62. The zero-order valence-corrected chi connectivity index (χ0v) is 11.3. The predicted molar refractivity (Wildman–Crippen MR) is 70.4 cm³/mol. The fourth-order valence-electron chi connectivity index (χ4n) is 1.58. The van der Waals surface area contributed by atoms with Gasteiger partial charge >= 0.3 is 0 Å². The van der Waals surface area contributed by atoms with Crippen LogP contribution in [0.4, 0.5) is 0 Å². The number of rotatable bonds is 3. The van der Waals surface area contributed by atoms with Crippen molar-refractivity contribution in [2.45, 2.75) is 32.9 Å². The summed E-state index contributed by atoms with van der Waals surface area (Å²) in [5.41, 5.74) is 6.51. The first-order valence-electron chi connectivity index (χ1n) is 6.05. The maximum atomic E-state index is 12.0. The van der Waals surface area contributed by atoms with Crippen LogP contribution in [-0.2, 0) is 9.59 Å². The van der Waals surface area contributed by atoms with E-state index in [0.29, 0.717) is 0 Å². The third-order valence-electron chi connectivity index (χ3n) is 2.84. The normalized spacial score (nSPS) is 21.7. The number of nitrogens with zero attached hydrogens (tertiary/aromatic N) is 1. The minimum Gasteiger partial charge on any atom is -0.340 e. The largest absolute Gasteiger partial charge is 0.340 e. The van der Waals surface area contributed by atoms with Crippen molar-refractivity contribution in [3.8, 4) is 0 Å². The van der Waals surface area contributed by atoms with Gasteiger partial charge in [-0.25, -0.2) is 0 Å². The number of hydrogen-bond acceptors (Lipinski definition) is 3. The fourth-order valence-corrected chi connectivity index (χ4v) is 1.58. The highest BCUT2D eigenvalue weighted by molar-refractivity contribution is 5.91. The summed E-state index contributed by atoms with van der Waals surface area (Å²) in [5.74, 6) is -0.214. The Morgan fingerprint density at radius 2 is 2.06 bits per heavy atom. The molecule has 1 aliphatic heterocycles. The number of carbonyl (C=O) groups excluding carboxylic acids is 2. The van der Waals surface area contributed by atoms with Crippen molar-refractivity contribution in [2.75, 3.05) is 7.05 Å². The van der Waals surface area contributed by atoms with E-state index in [1.54, 1.807) is 26.2 Å². The van der Waals surface area contributed by atoms with Gasteiger partial charge < -0.3 is 16.0 Å². The maximum Gasteiger partial charge on any atom is 0.252 e. The van der Waals surface area contributed by atoms with E-state index >= 15 is 0 Å². The predicted octanol–water partition coefficient (Wildman–Crippen LogP) is 0.387. The highest BCUT2D eigenvalue weighted by atomic mass is 16.2. The first-order chi connectivity index (χ1) is 8.32. The van der Waals surface area contributed by atoms with Crippen molar-refractivity contribution in [3.63, 3.8) is 0 Å². The van der Waals surface area contributed by atoms with Crippen LogP contribution in [0.1, 0.15) is 20.8 Å². The molecule has 0 aromatic carbocycles. The lowest BCUT2D eigenvalue weighted by Gasteiger charge is -2.19. The molecule has 3 N–H and O–H groups in total. The second-order valence-electron chi connectivity index (χ2n) is 4.86. The van der Waals surface area contributed by atoms with Crippen LogP contribution < -0.4 is 11.1 Å². The second-order valence-corrected chi connectivity index (χ2v) is 4.86. The van der Waals surface area contributed by atoms with Crippen molar-refractivity contribution >= 4 is 11.8 Å². The Bertz CT molecular complexity index is 397. The summed E-state index contributed by atoms with van der Waals surface area (Å²) < 4.78 is 0. The molecule has 1 unspecified atom stereocenters. The van der Waals surface area contributed by atoms with Gasteiger partial charge in [0.15, 0.2) is 0 Å². The standard InChI is InChI=1S/C13H21N3O2/c1-8(2)10-5-6-16(4)13(18)11(7-10)15-12(17)9(3)14/h5-9,11H,14H2,1-4H3,(H,15,17)/t9?,11-/m0/s1. The van der Waals surface area contributed by atoms with E-state index in [-0.39, 0.29) is 17.7 Å². The zero-order valence-electron chi connectivity index (χ0n) is 11.3. The Morgan fingerprint density at radius 3 is 2.56 bits per heavy atom. The highest BCUT2D eigenvalue weighted by Crippen LogP contribution is 2.16. The quantitative estimate of drug-likeness (QED) is 0.761. The summed E-state index contributed by atoms with van der Waals surface area (Å²) >= 11 is 0. The molecule has 1 aliphatic rings. The van der Waals surface area contributed by atoms with Gasteiger partial charge in [-0.1, -0.05) is 13.8 Å². The van der Waals surface area contributed by atoms with Crippen molar-refractivity contribution < 1.29 is 9.59 Å². The average molecular weight is 251 g/mol. The van der Waals surface area contributed by atoms with Crippen LogP contribution in [0.25, 0.3) is 0 Å². The van der Waals surface area contributed by atoms with E-state index in [4.69, 9.17) is 5.73 Å². The van der Waals surface area contributed by atoms with E-state index in [0.717, 1.165) is 5.57 Å². The summed E-state index contributed by atoms with van der Waals surface area (Å²) in [4.78, 5) is 25.1. The molecule has 100 valence electrons. The van der Waals surface area contributed by atoms with Gasteiger partial charge in [0.05, 0.1) is 6.04 Å². The first kappa shape index (κ1) is 14.4. The van der Waals surface area contributed by atoms with Gasteiger partial charge in [0.25, 0.3) is 5.91 Å². The minimum atomic E-state index is -0.652. The molecular weight excluding hydrogens is 230 g/mol. The molecule has 1 rings (SSSR count). The average Bonchev–Trinajstić information content (AvgIpc) is 2.42. The van der Waals surface area contributed by atoms with Crippen LogP contribution in [-0.4, -0.2) is 35.8 Å². The van der Waals surface area contributed by atoms with Crippen LogP contribution >= 0.6 is 0 Å². The third-order valence-corrected chi connectivity index (χ3v) is 2.84. The number of nitrogens with two attached hydrogens (primary N) is 1. The van der Waals surface area contributed by atoms with Crippen LogP contribution in [0, 0.1) is 5.92 Å². The first-order valence-corrected chi connectivity index (χ1v) is 6.05. The van der Waals surface area contributed by atoms with E-state index in [9.17, 15) is 9.59 Å². The van der Waals surface area contributed by atoms with Gasteiger partial charge in [-0.05, 0) is 30.6 Å². The molecule has 0 bridgehead atoms. The Morgan fingerprint density at radius 1 is 1.44 bits per heavy atom. The third kappa shape index (κ3) is 3.43. The Kier molecular flexibility index (Phi) is 4.67. The SMILES string of the molecule is CC(C)C1=C[C@H](NC(=O)C(C)N)C(=O)N(C)C=C1. The molecule has 0 aromatic heterocycles.